The van der Waals surface area contributed by atoms with Gasteiger partial charge in [-0.05, 0) is 36.7 Å². The summed E-state index contributed by atoms with van der Waals surface area (Å²) in [4.78, 5) is 10.9. The van der Waals surface area contributed by atoms with E-state index < -0.39 is 0 Å². The van der Waals surface area contributed by atoms with Crippen molar-refractivity contribution in [2.24, 2.45) is 5.92 Å². The molecule has 1 fully saturated rings. The lowest BCUT2D eigenvalue weighted by Crippen LogP contribution is -1.96. The molecule has 0 aromatic carbocycles. The maximum Gasteiger partial charge on any atom is 0.133 e. The van der Waals surface area contributed by atoms with Gasteiger partial charge in [-0.25, -0.2) is 0 Å². The van der Waals surface area contributed by atoms with E-state index in [9.17, 15) is 4.79 Å². The van der Waals surface area contributed by atoms with Crippen molar-refractivity contribution in [3.8, 4) is 0 Å². The summed E-state index contributed by atoms with van der Waals surface area (Å²) in [5.41, 5.74) is 0. The second kappa shape index (κ2) is 5.63. The first-order valence-corrected chi connectivity index (χ1v) is 6.08. The molecular formula is C10H18OS. The highest BCUT2D eigenvalue weighted by atomic mass is 32.2. The molecule has 1 aliphatic rings. The van der Waals surface area contributed by atoms with Crippen molar-refractivity contribution in [1.29, 1.82) is 0 Å². The van der Waals surface area contributed by atoms with Gasteiger partial charge in [-0.3, -0.25) is 4.79 Å². The van der Waals surface area contributed by atoms with Crippen LogP contribution >= 0.6 is 11.8 Å². The van der Waals surface area contributed by atoms with E-state index in [1.807, 2.05) is 11.8 Å². The molecule has 1 atom stereocenters. The third-order valence-electron chi connectivity index (χ3n) is 2.45. The SMILES string of the molecule is CCSCCCC1CCC(=O)C1. The summed E-state index contributed by atoms with van der Waals surface area (Å²) in [6.45, 7) is 2.20. The van der Waals surface area contributed by atoms with Crippen LogP contribution < -0.4 is 0 Å². The van der Waals surface area contributed by atoms with Gasteiger partial charge in [0.1, 0.15) is 5.78 Å². The van der Waals surface area contributed by atoms with Crippen LogP contribution in [-0.4, -0.2) is 17.3 Å². The van der Waals surface area contributed by atoms with E-state index in [0.717, 1.165) is 25.2 Å². The summed E-state index contributed by atoms with van der Waals surface area (Å²) >= 11 is 2.01. The lowest BCUT2D eigenvalue weighted by Gasteiger charge is -2.05. The quantitative estimate of drug-likeness (QED) is 0.614. The van der Waals surface area contributed by atoms with Gasteiger partial charge in [0.2, 0.25) is 0 Å². The molecular weight excluding hydrogens is 168 g/mol. The molecule has 1 nitrogen and oxygen atoms in total. The summed E-state index contributed by atoms with van der Waals surface area (Å²) in [5.74, 6) is 3.73. The summed E-state index contributed by atoms with van der Waals surface area (Å²) in [6.07, 6.45) is 5.47. The molecule has 0 radical (unpaired) electrons. The fraction of sp³-hybridized carbons (Fsp3) is 0.900. The van der Waals surface area contributed by atoms with Crippen LogP contribution in [0, 0.1) is 5.92 Å². The molecule has 0 aliphatic heterocycles. The zero-order valence-electron chi connectivity index (χ0n) is 7.84. The normalized spacial score (nSPS) is 23.4. The maximum absolute atomic E-state index is 10.9. The van der Waals surface area contributed by atoms with Gasteiger partial charge in [-0.2, -0.15) is 11.8 Å². The van der Waals surface area contributed by atoms with E-state index in [4.69, 9.17) is 0 Å². The predicted molar refractivity (Wildman–Crippen MR) is 54.6 cm³/mol. The first-order valence-electron chi connectivity index (χ1n) is 4.92. The average Bonchev–Trinajstić information content (AvgIpc) is 2.45. The lowest BCUT2D eigenvalue weighted by atomic mass is 10.0. The van der Waals surface area contributed by atoms with E-state index in [-0.39, 0.29) is 0 Å². The van der Waals surface area contributed by atoms with Gasteiger partial charge < -0.3 is 0 Å². The van der Waals surface area contributed by atoms with Crippen molar-refractivity contribution in [2.75, 3.05) is 11.5 Å². The molecule has 0 spiro atoms. The number of carbonyl (C=O) groups excluding carboxylic acids is 1. The highest BCUT2D eigenvalue weighted by molar-refractivity contribution is 7.99. The number of hydrogen-bond donors (Lipinski definition) is 0. The van der Waals surface area contributed by atoms with Gasteiger partial charge in [0, 0.05) is 12.8 Å². The molecule has 0 bridgehead atoms. The molecule has 0 heterocycles. The number of ketones is 1. The Bertz CT molecular complexity index is 145. The van der Waals surface area contributed by atoms with Crippen LogP contribution in [0.5, 0.6) is 0 Å². The topological polar surface area (TPSA) is 17.1 Å². The Morgan fingerprint density at radius 1 is 1.58 bits per heavy atom. The van der Waals surface area contributed by atoms with Gasteiger partial charge in [-0.1, -0.05) is 6.92 Å². The van der Waals surface area contributed by atoms with E-state index in [2.05, 4.69) is 6.92 Å². The summed E-state index contributed by atoms with van der Waals surface area (Å²) in [7, 11) is 0. The van der Waals surface area contributed by atoms with Gasteiger partial charge in [0.15, 0.2) is 0 Å². The van der Waals surface area contributed by atoms with E-state index in [1.165, 1.54) is 24.3 Å². The fourth-order valence-electron chi connectivity index (χ4n) is 1.76. The predicted octanol–water partition coefficient (Wildman–Crippen LogP) is 2.89. The second-order valence-electron chi connectivity index (χ2n) is 3.49. The lowest BCUT2D eigenvalue weighted by molar-refractivity contribution is -0.117. The minimum Gasteiger partial charge on any atom is -0.300 e. The van der Waals surface area contributed by atoms with Crippen molar-refractivity contribution in [3.63, 3.8) is 0 Å². The minimum absolute atomic E-state index is 0.489. The molecule has 0 aromatic rings. The van der Waals surface area contributed by atoms with E-state index >= 15 is 0 Å². The second-order valence-corrected chi connectivity index (χ2v) is 4.88. The largest absolute Gasteiger partial charge is 0.300 e. The number of carbonyl (C=O) groups is 1. The highest BCUT2D eigenvalue weighted by Crippen LogP contribution is 2.26. The van der Waals surface area contributed by atoms with Crippen LogP contribution in [0.25, 0.3) is 0 Å². The number of thioether (sulfide) groups is 1. The van der Waals surface area contributed by atoms with Crippen molar-refractivity contribution < 1.29 is 4.79 Å². The molecule has 70 valence electrons. The number of rotatable bonds is 5. The molecule has 0 N–H and O–H groups in total. The molecule has 0 aromatic heterocycles. The first kappa shape index (κ1) is 10.1. The molecule has 1 aliphatic carbocycles. The summed E-state index contributed by atoms with van der Waals surface area (Å²) < 4.78 is 0. The summed E-state index contributed by atoms with van der Waals surface area (Å²) in [5, 5.41) is 0. The van der Waals surface area contributed by atoms with Gasteiger partial charge in [0.05, 0.1) is 0 Å². The van der Waals surface area contributed by atoms with Crippen LogP contribution in [0.2, 0.25) is 0 Å². The standard InChI is InChI=1S/C10H18OS/c1-2-12-7-3-4-9-5-6-10(11)8-9/h9H,2-8H2,1H3. The number of hydrogen-bond acceptors (Lipinski definition) is 2. The summed E-state index contributed by atoms with van der Waals surface area (Å²) in [6, 6.07) is 0. The minimum atomic E-state index is 0.489. The van der Waals surface area contributed by atoms with Crippen molar-refractivity contribution >= 4 is 17.5 Å². The Morgan fingerprint density at radius 2 is 2.42 bits per heavy atom. The molecule has 1 unspecified atom stereocenters. The van der Waals surface area contributed by atoms with E-state index in [1.54, 1.807) is 0 Å². The van der Waals surface area contributed by atoms with Crippen LogP contribution in [-0.2, 0) is 4.79 Å². The van der Waals surface area contributed by atoms with Gasteiger partial charge in [0.25, 0.3) is 0 Å². The molecule has 0 amide bonds. The average molecular weight is 186 g/mol. The van der Waals surface area contributed by atoms with E-state index in [0.29, 0.717) is 5.78 Å². The van der Waals surface area contributed by atoms with Gasteiger partial charge in [-0.15, -0.1) is 0 Å². The van der Waals surface area contributed by atoms with Crippen molar-refractivity contribution in [2.45, 2.75) is 39.0 Å². The molecule has 1 saturated carbocycles. The molecule has 2 heteroatoms. The molecule has 12 heavy (non-hydrogen) atoms. The zero-order chi connectivity index (χ0) is 8.81. The Morgan fingerprint density at radius 3 is 3.00 bits per heavy atom. The van der Waals surface area contributed by atoms with Crippen molar-refractivity contribution in [3.05, 3.63) is 0 Å². The monoisotopic (exact) mass is 186 g/mol. The smallest absolute Gasteiger partial charge is 0.133 e. The Balaban J connectivity index is 1.97. The van der Waals surface area contributed by atoms with Crippen LogP contribution in [0.3, 0.4) is 0 Å². The van der Waals surface area contributed by atoms with Crippen LogP contribution in [0.1, 0.15) is 39.0 Å². The van der Waals surface area contributed by atoms with Gasteiger partial charge >= 0.3 is 0 Å². The Labute approximate surface area is 79.3 Å². The fourth-order valence-corrected chi connectivity index (χ4v) is 2.42. The molecule has 0 saturated heterocycles. The highest BCUT2D eigenvalue weighted by Gasteiger charge is 2.20. The van der Waals surface area contributed by atoms with Crippen LogP contribution in [0.15, 0.2) is 0 Å². The third-order valence-corrected chi connectivity index (χ3v) is 3.44. The number of Topliss-reactive ketones (excluding diaryl/α,β-unsaturated/α-hetero) is 1. The van der Waals surface area contributed by atoms with Crippen LogP contribution in [0.4, 0.5) is 0 Å². The maximum atomic E-state index is 10.9. The third kappa shape index (κ3) is 3.61. The first-order chi connectivity index (χ1) is 5.83. The Hall–Kier alpha value is 0.0200. The Kier molecular flexibility index (Phi) is 4.74. The zero-order valence-corrected chi connectivity index (χ0v) is 8.66. The van der Waals surface area contributed by atoms with Crippen molar-refractivity contribution in [1.82, 2.24) is 0 Å². The molecule has 1 rings (SSSR count).